The zero-order chi connectivity index (χ0) is 14.5. The summed E-state index contributed by atoms with van der Waals surface area (Å²) >= 11 is 3.31. The molecule has 2 rings (SSSR count). The normalized spacial score (nSPS) is 12.2. The van der Waals surface area contributed by atoms with Crippen molar-refractivity contribution in [3.05, 3.63) is 63.9 Å². The van der Waals surface area contributed by atoms with Gasteiger partial charge in [-0.3, -0.25) is 0 Å². The minimum atomic E-state index is -0.452. The molecule has 0 aliphatic carbocycles. The summed E-state index contributed by atoms with van der Waals surface area (Å²) in [4.78, 5) is 0. The monoisotopic (exact) mass is 338 g/mol. The second-order valence-electron chi connectivity index (χ2n) is 4.52. The van der Waals surface area contributed by atoms with Gasteiger partial charge in [-0.1, -0.05) is 35.0 Å². The number of aliphatic hydroxyl groups excluding tert-OH is 1. The fraction of sp³-hybridized carbons (Fsp3) is 0.250. The Hall–Kier alpha value is -1.39. The van der Waals surface area contributed by atoms with E-state index < -0.39 is 6.10 Å². The number of hydrogen-bond donors (Lipinski definition) is 1. The third-order valence-electron chi connectivity index (χ3n) is 3.05. The van der Waals surface area contributed by atoms with E-state index in [2.05, 4.69) is 15.9 Å². The Labute approximate surface area is 126 Å². The molecular formula is C16H16BrFO2. The predicted molar refractivity (Wildman–Crippen MR) is 80.1 cm³/mol. The smallest absolute Gasteiger partial charge is 0.129 e. The van der Waals surface area contributed by atoms with E-state index in [4.69, 9.17) is 4.74 Å². The molecule has 0 amide bonds. The van der Waals surface area contributed by atoms with Crippen molar-refractivity contribution in [1.82, 2.24) is 0 Å². The fourth-order valence-electron chi connectivity index (χ4n) is 1.84. The van der Waals surface area contributed by atoms with Gasteiger partial charge in [0, 0.05) is 10.0 Å². The van der Waals surface area contributed by atoms with E-state index in [1.807, 2.05) is 19.1 Å². The van der Waals surface area contributed by atoms with Crippen molar-refractivity contribution in [3.63, 3.8) is 0 Å². The van der Waals surface area contributed by atoms with Gasteiger partial charge < -0.3 is 9.84 Å². The van der Waals surface area contributed by atoms with E-state index in [0.29, 0.717) is 17.7 Å². The summed E-state index contributed by atoms with van der Waals surface area (Å²) in [7, 11) is 0. The van der Waals surface area contributed by atoms with Crippen LogP contribution in [0.3, 0.4) is 0 Å². The van der Waals surface area contributed by atoms with Crippen LogP contribution in [-0.2, 0) is 6.61 Å². The van der Waals surface area contributed by atoms with Crippen LogP contribution in [0, 0.1) is 5.82 Å². The molecule has 0 bridgehead atoms. The minimum Gasteiger partial charge on any atom is -0.489 e. The molecule has 2 aromatic carbocycles. The Morgan fingerprint density at radius 2 is 1.90 bits per heavy atom. The van der Waals surface area contributed by atoms with Crippen LogP contribution in [0.1, 0.15) is 30.6 Å². The number of ether oxygens (including phenoxy) is 1. The first-order valence-electron chi connectivity index (χ1n) is 6.45. The first kappa shape index (κ1) is 15.0. The Bertz CT molecular complexity index is 569. The van der Waals surface area contributed by atoms with Crippen molar-refractivity contribution in [2.45, 2.75) is 26.1 Å². The molecule has 106 valence electrons. The van der Waals surface area contributed by atoms with Crippen LogP contribution in [0.5, 0.6) is 5.75 Å². The molecule has 0 aliphatic heterocycles. The molecule has 0 saturated carbocycles. The summed E-state index contributed by atoms with van der Waals surface area (Å²) in [5.41, 5.74) is 1.35. The molecule has 0 aromatic heterocycles. The van der Waals surface area contributed by atoms with Gasteiger partial charge in [0.25, 0.3) is 0 Å². The van der Waals surface area contributed by atoms with Crippen molar-refractivity contribution >= 4 is 15.9 Å². The van der Waals surface area contributed by atoms with Crippen LogP contribution in [0.2, 0.25) is 0 Å². The van der Waals surface area contributed by atoms with Gasteiger partial charge in [-0.2, -0.15) is 0 Å². The second kappa shape index (κ2) is 6.86. The highest BCUT2D eigenvalue weighted by atomic mass is 79.9. The molecule has 0 saturated heterocycles. The van der Waals surface area contributed by atoms with Gasteiger partial charge >= 0.3 is 0 Å². The molecule has 2 nitrogen and oxygen atoms in total. The SMILES string of the molecule is CCC(O)c1ccc(OCc2cc(Br)ccc2F)cc1. The lowest BCUT2D eigenvalue weighted by atomic mass is 10.1. The minimum absolute atomic E-state index is 0.168. The van der Waals surface area contributed by atoms with Crippen LogP contribution in [0.15, 0.2) is 46.9 Å². The lowest BCUT2D eigenvalue weighted by Crippen LogP contribution is -1.99. The molecule has 1 N–H and O–H groups in total. The van der Waals surface area contributed by atoms with Crippen LogP contribution >= 0.6 is 15.9 Å². The Morgan fingerprint density at radius 1 is 1.20 bits per heavy atom. The highest BCUT2D eigenvalue weighted by Gasteiger charge is 2.06. The van der Waals surface area contributed by atoms with Crippen molar-refractivity contribution in [3.8, 4) is 5.75 Å². The molecular weight excluding hydrogens is 323 g/mol. The zero-order valence-corrected chi connectivity index (χ0v) is 12.7. The van der Waals surface area contributed by atoms with Crippen molar-refractivity contribution in [1.29, 1.82) is 0 Å². The summed E-state index contributed by atoms with van der Waals surface area (Å²) in [6.45, 7) is 2.09. The lowest BCUT2D eigenvalue weighted by molar-refractivity contribution is 0.173. The van der Waals surface area contributed by atoms with Crippen LogP contribution in [0.25, 0.3) is 0 Å². The molecule has 0 radical (unpaired) electrons. The Morgan fingerprint density at radius 3 is 2.55 bits per heavy atom. The van der Waals surface area contributed by atoms with Crippen LogP contribution in [-0.4, -0.2) is 5.11 Å². The van der Waals surface area contributed by atoms with E-state index >= 15 is 0 Å². The van der Waals surface area contributed by atoms with Gasteiger partial charge in [-0.15, -0.1) is 0 Å². The summed E-state index contributed by atoms with van der Waals surface area (Å²) in [5, 5.41) is 9.70. The van der Waals surface area contributed by atoms with Gasteiger partial charge in [-0.05, 0) is 42.3 Å². The predicted octanol–water partition coefficient (Wildman–Crippen LogP) is 4.61. The fourth-order valence-corrected chi connectivity index (χ4v) is 2.25. The van der Waals surface area contributed by atoms with E-state index in [1.54, 1.807) is 24.3 Å². The Kier molecular flexibility index (Phi) is 5.15. The number of aliphatic hydroxyl groups is 1. The molecule has 2 aromatic rings. The summed E-state index contributed by atoms with van der Waals surface area (Å²) < 4.78 is 19.9. The number of rotatable bonds is 5. The molecule has 1 atom stereocenters. The maximum absolute atomic E-state index is 13.6. The molecule has 1 unspecified atom stereocenters. The Balaban J connectivity index is 2.02. The third kappa shape index (κ3) is 3.81. The quantitative estimate of drug-likeness (QED) is 0.862. The van der Waals surface area contributed by atoms with Gasteiger partial charge in [0.1, 0.15) is 18.2 Å². The number of benzene rings is 2. The van der Waals surface area contributed by atoms with Crippen LogP contribution in [0.4, 0.5) is 4.39 Å². The summed E-state index contributed by atoms with van der Waals surface area (Å²) in [5.74, 6) is 0.364. The van der Waals surface area contributed by atoms with Gasteiger partial charge in [0.15, 0.2) is 0 Å². The largest absolute Gasteiger partial charge is 0.489 e. The highest BCUT2D eigenvalue weighted by molar-refractivity contribution is 9.10. The first-order valence-corrected chi connectivity index (χ1v) is 7.24. The van der Waals surface area contributed by atoms with E-state index in [0.717, 1.165) is 10.0 Å². The maximum atomic E-state index is 13.6. The molecule has 20 heavy (non-hydrogen) atoms. The molecule has 0 spiro atoms. The molecule has 0 fully saturated rings. The lowest BCUT2D eigenvalue weighted by Gasteiger charge is -2.10. The van der Waals surface area contributed by atoms with Gasteiger partial charge in [0.2, 0.25) is 0 Å². The van der Waals surface area contributed by atoms with Crippen molar-refractivity contribution < 1.29 is 14.2 Å². The molecule has 0 aliphatic rings. The van der Waals surface area contributed by atoms with E-state index in [1.165, 1.54) is 6.07 Å². The topological polar surface area (TPSA) is 29.5 Å². The third-order valence-corrected chi connectivity index (χ3v) is 3.55. The molecule has 4 heteroatoms. The average Bonchev–Trinajstić information content (AvgIpc) is 2.48. The standard InChI is InChI=1S/C16H16BrFO2/c1-2-16(19)11-3-6-14(7-4-11)20-10-12-9-13(17)5-8-15(12)18/h3-9,16,19H,2,10H2,1H3. The van der Waals surface area contributed by atoms with Crippen molar-refractivity contribution in [2.24, 2.45) is 0 Å². The second-order valence-corrected chi connectivity index (χ2v) is 5.43. The molecule has 0 heterocycles. The van der Waals surface area contributed by atoms with E-state index in [9.17, 15) is 9.50 Å². The number of hydrogen-bond acceptors (Lipinski definition) is 2. The van der Waals surface area contributed by atoms with Crippen molar-refractivity contribution in [2.75, 3.05) is 0 Å². The average molecular weight is 339 g/mol. The van der Waals surface area contributed by atoms with Gasteiger partial charge in [-0.25, -0.2) is 4.39 Å². The highest BCUT2D eigenvalue weighted by Crippen LogP contribution is 2.22. The van der Waals surface area contributed by atoms with Crippen LogP contribution < -0.4 is 4.74 Å². The summed E-state index contributed by atoms with van der Waals surface area (Å²) in [6.07, 6.45) is 0.218. The first-order chi connectivity index (χ1) is 9.60. The van der Waals surface area contributed by atoms with Gasteiger partial charge in [0.05, 0.1) is 6.10 Å². The number of halogens is 2. The maximum Gasteiger partial charge on any atom is 0.129 e. The van der Waals surface area contributed by atoms with E-state index in [-0.39, 0.29) is 12.4 Å². The summed E-state index contributed by atoms with van der Waals surface area (Å²) in [6, 6.07) is 12.0. The zero-order valence-electron chi connectivity index (χ0n) is 11.1.